The molecule has 2 nitrogen and oxygen atoms in total. The molecular weight excluding hydrogens is 373 g/mol. The predicted molar refractivity (Wildman–Crippen MR) is 119 cm³/mol. The summed E-state index contributed by atoms with van der Waals surface area (Å²) in [6, 6.07) is 27.3. The van der Waals surface area contributed by atoms with Crippen LogP contribution in [0.5, 0.6) is 0 Å². The first kappa shape index (κ1) is 20.5. The molecule has 0 bridgehead atoms. The number of ketones is 1. The van der Waals surface area contributed by atoms with E-state index in [4.69, 9.17) is 0 Å². The Bertz CT molecular complexity index is 937. The van der Waals surface area contributed by atoms with Crippen molar-refractivity contribution in [1.29, 1.82) is 0 Å². The molecule has 4 rings (SSSR count). The first-order valence-electron chi connectivity index (χ1n) is 10.8. The molecule has 0 amide bonds. The fraction of sp³-hybridized carbons (Fsp3) is 0.296. The standard InChI is InChI=1S/C27H28FNO/c1-2-25(26(30)21-10-9-15-24(28)20-21)29-18-16-27(17-19-29,22-11-5-3-6-12-22)23-13-7-4-8-14-23/h3-15,20,25H,2,16-19H2,1H3. The molecule has 0 aliphatic carbocycles. The lowest BCUT2D eigenvalue weighted by molar-refractivity contribution is 0.0727. The van der Waals surface area contributed by atoms with Gasteiger partial charge in [0.05, 0.1) is 6.04 Å². The van der Waals surface area contributed by atoms with Crippen LogP contribution in [0.25, 0.3) is 0 Å². The number of carbonyl (C=O) groups excluding carboxylic acids is 1. The highest BCUT2D eigenvalue weighted by Crippen LogP contribution is 2.42. The van der Waals surface area contributed by atoms with Gasteiger partial charge in [-0.15, -0.1) is 0 Å². The molecule has 3 aromatic carbocycles. The van der Waals surface area contributed by atoms with E-state index in [9.17, 15) is 9.18 Å². The molecule has 30 heavy (non-hydrogen) atoms. The van der Waals surface area contributed by atoms with Crippen molar-refractivity contribution >= 4 is 5.78 Å². The summed E-state index contributed by atoms with van der Waals surface area (Å²) in [5, 5.41) is 0. The average Bonchev–Trinajstić information content (AvgIpc) is 2.81. The number of Topliss-reactive ketones (excluding diaryl/α,β-unsaturated/α-hetero) is 1. The van der Waals surface area contributed by atoms with Gasteiger partial charge < -0.3 is 0 Å². The minimum Gasteiger partial charge on any atom is -0.293 e. The van der Waals surface area contributed by atoms with Gasteiger partial charge in [0.2, 0.25) is 0 Å². The van der Waals surface area contributed by atoms with E-state index in [1.54, 1.807) is 12.1 Å². The van der Waals surface area contributed by atoms with Crippen molar-refractivity contribution < 1.29 is 9.18 Å². The summed E-state index contributed by atoms with van der Waals surface area (Å²) in [6.07, 6.45) is 2.63. The lowest BCUT2D eigenvalue weighted by atomic mass is 9.68. The highest BCUT2D eigenvalue weighted by molar-refractivity contribution is 6.00. The van der Waals surface area contributed by atoms with Crippen LogP contribution in [0.3, 0.4) is 0 Å². The molecule has 0 radical (unpaired) electrons. The maximum atomic E-state index is 13.6. The summed E-state index contributed by atoms with van der Waals surface area (Å²) >= 11 is 0. The number of nitrogens with zero attached hydrogens (tertiary/aromatic N) is 1. The minimum absolute atomic E-state index is 0.0175. The second-order valence-corrected chi connectivity index (χ2v) is 8.15. The van der Waals surface area contributed by atoms with Crippen LogP contribution >= 0.6 is 0 Å². The maximum absolute atomic E-state index is 13.6. The van der Waals surface area contributed by atoms with Crippen LogP contribution in [0.1, 0.15) is 47.7 Å². The van der Waals surface area contributed by atoms with Crippen LogP contribution in [0, 0.1) is 5.82 Å². The zero-order chi connectivity index (χ0) is 21.0. The van der Waals surface area contributed by atoms with Gasteiger partial charge in [0.15, 0.2) is 5.78 Å². The molecule has 1 saturated heterocycles. The fourth-order valence-corrected chi connectivity index (χ4v) is 4.92. The van der Waals surface area contributed by atoms with E-state index in [1.165, 1.54) is 23.3 Å². The highest BCUT2D eigenvalue weighted by atomic mass is 19.1. The summed E-state index contributed by atoms with van der Waals surface area (Å²) in [4.78, 5) is 15.4. The van der Waals surface area contributed by atoms with Crippen LogP contribution in [0.4, 0.5) is 4.39 Å². The topological polar surface area (TPSA) is 20.3 Å². The number of rotatable bonds is 6. The predicted octanol–water partition coefficient (Wildman–Crippen LogP) is 5.87. The minimum atomic E-state index is -0.360. The molecule has 3 heteroatoms. The Labute approximate surface area is 178 Å². The lowest BCUT2D eigenvalue weighted by Crippen LogP contribution is -2.50. The number of piperidine rings is 1. The van der Waals surface area contributed by atoms with Gasteiger partial charge >= 0.3 is 0 Å². The Morgan fingerprint density at radius 1 is 0.900 bits per heavy atom. The second-order valence-electron chi connectivity index (χ2n) is 8.15. The molecule has 1 aliphatic rings. The van der Waals surface area contributed by atoms with Gasteiger partial charge in [-0.25, -0.2) is 4.39 Å². The Balaban J connectivity index is 1.59. The number of halogens is 1. The van der Waals surface area contributed by atoms with Crippen LogP contribution in [0.15, 0.2) is 84.9 Å². The van der Waals surface area contributed by atoms with Crippen molar-refractivity contribution in [3.8, 4) is 0 Å². The summed E-state index contributed by atoms with van der Waals surface area (Å²) in [5.74, 6) is -0.342. The number of hydrogen-bond donors (Lipinski definition) is 0. The van der Waals surface area contributed by atoms with Crippen molar-refractivity contribution in [3.63, 3.8) is 0 Å². The molecule has 0 N–H and O–H groups in total. The third-order valence-corrected chi connectivity index (χ3v) is 6.54. The van der Waals surface area contributed by atoms with Crippen LogP contribution in [0.2, 0.25) is 0 Å². The smallest absolute Gasteiger partial charge is 0.180 e. The third-order valence-electron chi connectivity index (χ3n) is 6.54. The van der Waals surface area contributed by atoms with E-state index in [1.807, 2.05) is 6.92 Å². The quantitative estimate of drug-likeness (QED) is 0.482. The number of benzene rings is 3. The second kappa shape index (κ2) is 8.93. The van der Waals surface area contributed by atoms with Gasteiger partial charge in [-0.1, -0.05) is 79.7 Å². The molecule has 0 saturated carbocycles. The molecule has 3 aromatic rings. The molecule has 154 valence electrons. The summed E-state index contributed by atoms with van der Waals surface area (Å²) in [6.45, 7) is 3.71. The zero-order valence-corrected chi connectivity index (χ0v) is 17.4. The van der Waals surface area contributed by atoms with E-state index in [0.29, 0.717) is 5.56 Å². The number of hydrogen-bond acceptors (Lipinski definition) is 2. The summed E-state index contributed by atoms with van der Waals surface area (Å²) < 4.78 is 13.6. The van der Waals surface area contributed by atoms with Crippen molar-refractivity contribution in [3.05, 3.63) is 107 Å². The van der Waals surface area contributed by atoms with Gasteiger partial charge in [0.1, 0.15) is 5.82 Å². The SMILES string of the molecule is CCC(C(=O)c1cccc(F)c1)N1CCC(c2ccccc2)(c2ccccc2)CC1. The molecule has 1 atom stereocenters. The van der Waals surface area contributed by atoms with E-state index in [0.717, 1.165) is 32.4 Å². The Morgan fingerprint density at radius 3 is 1.97 bits per heavy atom. The van der Waals surface area contributed by atoms with Crippen molar-refractivity contribution in [2.24, 2.45) is 0 Å². The Kier molecular flexibility index (Phi) is 6.10. The summed E-state index contributed by atoms with van der Waals surface area (Å²) in [5.41, 5.74) is 3.09. The van der Waals surface area contributed by atoms with E-state index < -0.39 is 0 Å². The molecular formula is C27H28FNO. The summed E-state index contributed by atoms with van der Waals surface area (Å²) in [7, 11) is 0. The van der Waals surface area contributed by atoms with Gasteiger partial charge in [-0.05, 0) is 42.5 Å². The van der Waals surface area contributed by atoms with E-state index in [2.05, 4.69) is 65.6 Å². The Morgan fingerprint density at radius 2 is 1.47 bits per heavy atom. The van der Waals surface area contributed by atoms with Crippen molar-refractivity contribution in [2.45, 2.75) is 37.6 Å². The molecule has 1 unspecified atom stereocenters. The molecule has 1 aliphatic heterocycles. The zero-order valence-electron chi connectivity index (χ0n) is 17.4. The van der Waals surface area contributed by atoms with Crippen molar-refractivity contribution in [2.75, 3.05) is 13.1 Å². The highest BCUT2D eigenvalue weighted by Gasteiger charge is 2.40. The van der Waals surface area contributed by atoms with Gasteiger partial charge in [0.25, 0.3) is 0 Å². The van der Waals surface area contributed by atoms with E-state index in [-0.39, 0.29) is 23.1 Å². The van der Waals surface area contributed by atoms with Crippen LogP contribution in [-0.4, -0.2) is 29.8 Å². The van der Waals surface area contributed by atoms with Gasteiger partial charge in [-0.2, -0.15) is 0 Å². The molecule has 0 spiro atoms. The monoisotopic (exact) mass is 401 g/mol. The average molecular weight is 402 g/mol. The van der Waals surface area contributed by atoms with Gasteiger partial charge in [-0.3, -0.25) is 9.69 Å². The first-order chi connectivity index (χ1) is 14.6. The van der Waals surface area contributed by atoms with Crippen LogP contribution < -0.4 is 0 Å². The first-order valence-corrected chi connectivity index (χ1v) is 10.8. The third kappa shape index (κ3) is 3.95. The normalized spacial score (nSPS) is 17.4. The van der Waals surface area contributed by atoms with Crippen LogP contribution in [-0.2, 0) is 5.41 Å². The van der Waals surface area contributed by atoms with Crippen molar-refractivity contribution in [1.82, 2.24) is 4.90 Å². The Hall–Kier alpha value is -2.78. The number of carbonyl (C=O) groups is 1. The molecule has 1 fully saturated rings. The maximum Gasteiger partial charge on any atom is 0.180 e. The lowest BCUT2D eigenvalue weighted by Gasteiger charge is -2.45. The van der Waals surface area contributed by atoms with Gasteiger partial charge in [0, 0.05) is 24.1 Å². The number of likely N-dealkylation sites (tertiary alicyclic amines) is 1. The van der Waals surface area contributed by atoms with E-state index >= 15 is 0 Å². The molecule has 1 heterocycles. The largest absolute Gasteiger partial charge is 0.293 e. The fourth-order valence-electron chi connectivity index (χ4n) is 4.92. The molecule has 0 aromatic heterocycles.